The SMILES string of the molecule is Cc1ccccc1C1(C(=O)NN)CCC1. The van der Waals surface area contributed by atoms with Crippen LogP contribution in [0.2, 0.25) is 0 Å². The van der Waals surface area contributed by atoms with Gasteiger partial charge in [-0.2, -0.15) is 0 Å². The van der Waals surface area contributed by atoms with Crippen LogP contribution in [-0.4, -0.2) is 5.91 Å². The topological polar surface area (TPSA) is 55.1 Å². The molecule has 1 aromatic carbocycles. The average molecular weight is 204 g/mol. The molecule has 0 aromatic heterocycles. The highest BCUT2D eigenvalue weighted by atomic mass is 16.2. The fourth-order valence-corrected chi connectivity index (χ4v) is 2.40. The van der Waals surface area contributed by atoms with Gasteiger partial charge < -0.3 is 0 Å². The maximum absolute atomic E-state index is 11.8. The summed E-state index contributed by atoms with van der Waals surface area (Å²) in [6.07, 6.45) is 2.91. The van der Waals surface area contributed by atoms with E-state index in [1.165, 1.54) is 5.56 Å². The molecule has 3 nitrogen and oxygen atoms in total. The zero-order valence-electron chi connectivity index (χ0n) is 8.92. The van der Waals surface area contributed by atoms with Gasteiger partial charge in [-0.15, -0.1) is 0 Å². The van der Waals surface area contributed by atoms with Crippen molar-refractivity contribution in [2.45, 2.75) is 31.6 Å². The van der Waals surface area contributed by atoms with Crippen molar-refractivity contribution in [3.05, 3.63) is 35.4 Å². The molecule has 0 unspecified atom stereocenters. The average Bonchev–Trinajstić information content (AvgIpc) is 2.19. The van der Waals surface area contributed by atoms with E-state index in [-0.39, 0.29) is 11.3 Å². The van der Waals surface area contributed by atoms with Gasteiger partial charge in [0.05, 0.1) is 5.41 Å². The molecule has 0 bridgehead atoms. The number of aryl methyl sites for hydroxylation is 1. The van der Waals surface area contributed by atoms with Crippen LogP contribution >= 0.6 is 0 Å². The number of benzene rings is 1. The number of nitrogens with one attached hydrogen (secondary N) is 1. The van der Waals surface area contributed by atoms with Crippen LogP contribution in [-0.2, 0) is 10.2 Å². The molecule has 15 heavy (non-hydrogen) atoms. The zero-order chi connectivity index (χ0) is 10.9. The standard InChI is InChI=1S/C12H16N2O/c1-9-5-2-3-6-10(9)12(7-4-8-12)11(15)14-13/h2-3,5-6H,4,7-8,13H2,1H3,(H,14,15). The number of nitrogens with two attached hydrogens (primary N) is 1. The Kier molecular flexibility index (Phi) is 2.49. The molecule has 2 rings (SSSR count). The van der Waals surface area contributed by atoms with Crippen molar-refractivity contribution in [2.24, 2.45) is 5.84 Å². The summed E-state index contributed by atoms with van der Waals surface area (Å²) >= 11 is 0. The molecule has 0 spiro atoms. The summed E-state index contributed by atoms with van der Waals surface area (Å²) in [4.78, 5) is 11.8. The first-order chi connectivity index (χ1) is 7.20. The summed E-state index contributed by atoms with van der Waals surface area (Å²) in [7, 11) is 0. The molecule has 1 saturated carbocycles. The number of rotatable bonds is 2. The predicted octanol–water partition coefficient (Wildman–Crippen LogP) is 1.41. The molecule has 1 fully saturated rings. The first-order valence-electron chi connectivity index (χ1n) is 5.28. The molecule has 1 aromatic rings. The second-order valence-electron chi connectivity index (χ2n) is 4.22. The first-order valence-corrected chi connectivity index (χ1v) is 5.28. The van der Waals surface area contributed by atoms with Crippen molar-refractivity contribution in [3.8, 4) is 0 Å². The monoisotopic (exact) mass is 204 g/mol. The number of hydrogen-bond donors (Lipinski definition) is 2. The van der Waals surface area contributed by atoms with Gasteiger partial charge in [-0.05, 0) is 30.9 Å². The Labute approximate surface area is 89.6 Å². The van der Waals surface area contributed by atoms with Crippen LogP contribution in [0.15, 0.2) is 24.3 Å². The molecule has 1 amide bonds. The third-order valence-electron chi connectivity index (χ3n) is 3.43. The Morgan fingerprint density at radius 1 is 1.40 bits per heavy atom. The lowest BCUT2D eigenvalue weighted by Gasteiger charge is -2.41. The lowest BCUT2D eigenvalue weighted by Crippen LogP contribution is -2.51. The number of amides is 1. The van der Waals surface area contributed by atoms with Crippen molar-refractivity contribution in [2.75, 3.05) is 0 Å². The summed E-state index contributed by atoms with van der Waals surface area (Å²) in [5.41, 5.74) is 4.23. The van der Waals surface area contributed by atoms with E-state index in [2.05, 4.69) is 5.43 Å². The highest BCUT2D eigenvalue weighted by Gasteiger charge is 2.45. The van der Waals surface area contributed by atoms with Crippen LogP contribution in [0.3, 0.4) is 0 Å². The Morgan fingerprint density at radius 3 is 2.53 bits per heavy atom. The number of carbonyl (C=O) groups excluding carboxylic acids is 1. The first kappa shape index (κ1) is 10.2. The van der Waals surface area contributed by atoms with E-state index >= 15 is 0 Å². The fraction of sp³-hybridized carbons (Fsp3) is 0.417. The van der Waals surface area contributed by atoms with Gasteiger partial charge in [0.15, 0.2) is 0 Å². The van der Waals surface area contributed by atoms with E-state index in [0.29, 0.717) is 0 Å². The molecule has 80 valence electrons. The summed E-state index contributed by atoms with van der Waals surface area (Å²) in [5.74, 6) is 5.20. The van der Waals surface area contributed by atoms with E-state index in [4.69, 9.17) is 5.84 Å². The maximum Gasteiger partial charge on any atom is 0.244 e. The molecule has 1 aliphatic rings. The van der Waals surface area contributed by atoms with Gasteiger partial charge in [0, 0.05) is 0 Å². The molecule has 0 radical (unpaired) electrons. The van der Waals surface area contributed by atoms with E-state index in [0.717, 1.165) is 24.8 Å². The van der Waals surface area contributed by atoms with Crippen LogP contribution in [0.4, 0.5) is 0 Å². The molecule has 0 atom stereocenters. The van der Waals surface area contributed by atoms with Gasteiger partial charge in [0.2, 0.25) is 5.91 Å². The Balaban J connectivity index is 2.43. The molecule has 3 N–H and O–H groups in total. The largest absolute Gasteiger partial charge is 0.293 e. The molecule has 0 aliphatic heterocycles. The second-order valence-corrected chi connectivity index (χ2v) is 4.22. The highest BCUT2D eigenvalue weighted by molar-refractivity contribution is 5.89. The summed E-state index contributed by atoms with van der Waals surface area (Å²) in [5, 5.41) is 0. The minimum Gasteiger partial charge on any atom is -0.293 e. The Bertz CT molecular complexity index is 383. The molecular weight excluding hydrogens is 188 g/mol. The number of hydrogen-bond acceptors (Lipinski definition) is 2. The van der Waals surface area contributed by atoms with Crippen LogP contribution in [0.25, 0.3) is 0 Å². The van der Waals surface area contributed by atoms with Gasteiger partial charge in [0.25, 0.3) is 0 Å². The van der Waals surface area contributed by atoms with Crippen LogP contribution in [0.5, 0.6) is 0 Å². The maximum atomic E-state index is 11.8. The van der Waals surface area contributed by atoms with Crippen molar-refractivity contribution in [3.63, 3.8) is 0 Å². The third kappa shape index (κ3) is 1.43. The molecule has 0 heterocycles. The van der Waals surface area contributed by atoms with Gasteiger partial charge >= 0.3 is 0 Å². The zero-order valence-corrected chi connectivity index (χ0v) is 8.92. The van der Waals surface area contributed by atoms with Crippen LogP contribution in [0, 0.1) is 6.92 Å². The van der Waals surface area contributed by atoms with E-state index in [1.54, 1.807) is 0 Å². The quantitative estimate of drug-likeness (QED) is 0.435. The second kappa shape index (κ2) is 3.66. The predicted molar refractivity (Wildman–Crippen MR) is 59.0 cm³/mol. The van der Waals surface area contributed by atoms with Crippen molar-refractivity contribution in [1.29, 1.82) is 0 Å². The summed E-state index contributed by atoms with van der Waals surface area (Å²) in [6, 6.07) is 8.04. The van der Waals surface area contributed by atoms with Crippen LogP contribution in [0.1, 0.15) is 30.4 Å². The fourth-order valence-electron chi connectivity index (χ4n) is 2.40. The molecule has 1 aliphatic carbocycles. The van der Waals surface area contributed by atoms with E-state index in [9.17, 15) is 4.79 Å². The molecule has 3 heteroatoms. The van der Waals surface area contributed by atoms with Crippen molar-refractivity contribution in [1.82, 2.24) is 5.43 Å². The Morgan fingerprint density at radius 2 is 2.07 bits per heavy atom. The number of hydrazine groups is 1. The molecule has 0 saturated heterocycles. The normalized spacial score (nSPS) is 18.0. The lowest BCUT2D eigenvalue weighted by molar-refractivity contribution is -0.130. The smallest absolute Gasteiger partial charge is 0.244 e. The minimum absolute atomic E-state index is 0.0527. The Hall–Kier alpha value is -1.35. The van der Waals surface area contributed by atoms with Gasteiger partial charge in [-0.1, -0.05) is 30.7 Å². The van der Waals surface area contributed by atoms with Gasteiger partial charge in [-0.25, -0.2) is 5.84 Å². The van der Waals surface area contributed by atoms with E-state index in [1.807, 2.05) is 31.2 Å². The van der Waals surface area contributed by atoms with E-state index < -0.39 is 0 Å². The lowest BCUT2D eigenvalue weighted by atomic mass is 9.63. The van der Waals surface area contributed by atoms with Gasteiger partial charge in [-0.3, -0.25) is 10.2 Å². The summed E-state index contributed by atoms with van der Waals surface area (Å²) < 4.78 is 0. The van der Waals surface area contributed by atoms with Gasteiger partial charge in [0.1, 0.15) is 0 Å². The minimum atomic E-state index is -0.361. The van der Waals surface area contributed by atoms with Crippen molar-refractivity contribution < 1.29 is 4.79 Å². The highest BCUT2D eigenvalue weighted by Crippen LogP contribution is 2.44. The summed E-state index contributed by atoms with van der Waals surface area (Å²) in [6.45, 7) is 2.04. The molecular formula is C12H16N2O. The number of carbonyl (C=O) groups is 1. The third-order valence-corrected chi connectivity index (χ3v) is 3.43. The van der Waals surface area contributed by atoms with Crippen molar-refractivity contribution >= 4 is 5.91 Å². The van der Waals surface area contributed by atoms with Crippen LogP contribution < -0.4 is 11.3 Å².